The van der Waals surface area contributed by atoms with Crippen LogP contribution in [0.3, 0.4) is 0 Å². The highest BCUT2D eigenvalue weighted by Gasteiger charge is 2.23. The molecule has 0 rings (SSSR count). The van der Waals surface area contributed by atoms with Gasteiger partial charge in [-0.3, -0.25) is 9.36 Å². The lowest BCUT2D eigenvalue weighted by molar-refractivity contribution is -0.870. The number of aliphatic hydroxyl groups excluding tert-OH is 1. The molecule has 1 amide bonds. The zero-order chi connectivity index (χ0) is 43.6. The summed E-state index contributed by atoms with van der Waals surface area (Å²) in [5.41, 5.74) is 0. The molecule has 346 valence electrons. The number of phosphoric acid groups is 1. The second-order valence-electron chi connectivity index (χ2n) is 17.8. The highest BCUT2D eigenvalue weighted by atomic mass is 31.2. The van der Waals surface area contributed by atoms with E-state index in [0.717, 1.165) is 64.2 Å². The smallest absolute Gasteiger partial charge is 0.268 e. The van der Waals surface area contributed by atoms with Gasteiger partial charge in [-0.1, -0.05) is 184 Å². The fraction of sp³-hybridized carbons (Fsp3) is 0.820. The van der Waals surface area contributed by atoms with Crippen LogP contribution < -0.4 is 10.2 Å². The van der Waals surface area contributed by atoms with Crippen LogP contribution in [0.2, 0.25) is 0 Å². The molecular formula is C50H95N2O6P. The summed E-state index contributed by atoms with van der Waals surface area (Å²) in [6.07, 6.45) is 53.2. The predicted molar refractivity (Wildman–Crippen MR) is 251 cm³/mol. The summed E-state index contributed by atoms with van der Waals surface area (Å²) in [5, 5.41) is 13.8. The number of aliphatic hydroxyl groups is 1. The average Bonchev–Trinajstić information content (AvgIpc) is 3.19. The highest BCUT2D eigenvalue weighted by molar-refractivity contribution is 7.45. The molecule has 8 nitrogen and oxygen atoms in total. The number of hydrogen-bond donors (Lipinski definition) is 2. The Morgan fingerprint density at radius 3 is 1.41 bits per heavy atom. The van der Waals surface area contributed by atoms with E-state index in [1.54, 1.807) is 6.08 Å². The minimum Gasteiger partial charge on any atom is -0.756 e. The molecule has 0 aromatic carbocycles. The van der Waals surface area contributed by atoms with Gasteiger partial charge in [-0.2, -0.15) is 0 Å². The topological polar surface area (TPSA) is 108 Å². The summed E-state index contributed by atoms with van der Waals surface area (Å²) in [6, 6.07) is -0.913. The first-order chi connectivity index (χ1) is 28.5. The van der Waals surface area contributed by atoms with E-state index in [-0.39, 0.29) is 12.5 Å². The first-order valence-corrected chi connectivity index (χ1v) is 26.0. The highest BCUT2D eigenvalue weighted by Crippen LogP contribution is 2.38. The molecule has 0 saturated carbocycles. The Balaban J connectivity index is 4.35. The quantitative estimate of drug-likeness (QED) is 0.0274. The van der Waals surface area contributed by atoms with E-state index in [1.165, 1.54) is 128 Å². The molecule has 9 heteroatoms. The van der Waals surface area contributed by atoms with Crippen LogP contribution in [0.5, 0.6) is 0 Å². The summed E-state index contributed by atoms with van der Waals surface area (Å²) >= 11 is 0. The van der Waals surface area contributed by atoms with Crippen LogP contribution in [0.25, 0.3) is 0 Å². The molecule has 0 heterocycles. The maximum Gasteiger partial charge on any atom is 0.268 e. The molecule has 0 spiro atoms. The lowest BCUT2D eigenvalue weighted by atomic mass is 10.0. The summed E-state index contributed by atoms with van der Waals surface area (Å²) in [6.45, 7) is 4.58. The third kappa shape index (κ3) is 44.3. The molecule has 0 aliphatic heterocycles. The monoisotopic (exact) mass is 851 g/mol. The molecule has 2 N–H and O–H groups in total. The van der Waals surface area contributed by atoms with Crippen molar-refractivity contribution in [1.29, 1.82) is 0 Å². The molecular weight excluding hydrogens is 756 g/mol. The van der Waals surface area contributed by atoms with Gasteiger partial charge in [0.1, 0.15) is 13.2 Å². The molecule has 0 saturated heterocycles. The van der Waals surface area contributed by atoms with Crippen molar-refractivity contribution in [2.75, 3.05) is 40.9 Å². The van der Waals surface area contributed by atoms with Crippen molar-refractivity contribution >= 4 is 13.7 Å². The number of unbranched alkanes of at least 4 members (excludes halogenated alkanes) is 25. The van der Waals surface area contributed by atoms with E-state index >= 15 is 0 Å². The zero-order valence-corrected chi connectivity index (χ0v) is 40.1. The van der Waals surface area contributed by atoms with Gasteiger partial charge in [-0.15, -0.1) is 0 Å². The third-order valence-electron chi connectivity index (χ3n) is 10.7. The van der Waals surface area contributed by atoms with Crippen LogP contribution in [0.15, 0.2) is 48.6 Å². The van der Waals surface area contributed by atoms with Crippen molar-refractivity contribution in [2.45, 2.75) is 225 Å². The second-order valence-corrected chi connectivity index (χ2v) is 19.2. The third-order valence-corrected chi connectivity index (χ3v) is 11.7. The standard InChI is InChI=1S/C50H95N2O6P/c1-6-8-10-12-14-16-18-20-21-22-23-24-25-26-27-28-29-30-31-32-33-35-37-39-41-43-49(53)48(47-58-59(55,56)57-46-45-52(3,4)5)51-50(54)44-42-40-38-36-34-19-17-15-13-11-9-7-2/h15,17,29-30,33,35,41,43,48-49,53H,6-14,16,18-28,31-32,34,36-40,42,44-47H2,1-5H3,(H-,51,54,55,56)/b17-15-,30-29+,35-33+,43-41+. The number of likely N-dealkylation sites (N-methyl/N-ethyl adjacent to an activating group) is 1. The fourth-order valence-electron chi connectivity index (χ4n) is 6.83. The van der Waals surface area contributed by atoms with E-state index in [2.05, 4.69) is 55.6 Å². The average molecular weight is 851 g/mol. The van der Waals surface area contributed by atoms with Crippen molar-refractivity contribution in [3.8, 4) is 0 Å². The maximum atomic E-state index is 12.8. The van der Waals surface area contributed by atoms with E-state index in [4.69, 9.17) is 9.05 Å². The van der Waals surface area contributed by atoms with Gasteiger partial charge in [0.05, 0.1) is 39.9 Å². The molecule has 0 aromatic heterocycles. The number of carbonyl (C=O) groups is 1. The Bertz CT molecular complexity index is 1100. The summed E-state index contributed by atoms with van der Waals surface area (Å²) in [5.74, 6) is -0.223. The largest absolute Gasteiger partial charge is 0.756 e. The predicted octanol–water partition coefficient (Wildman–Crippen LogP) is 13.4. The van der Waals surface area contributed by atoms with Crippen molar-refractivity contribution in [3.63, 3.8) is 0 Å². The van der Waals surface area contributed by atoms with E-state index < -0.39 is 26.6 Å². The number of nitrogens with zero attached hydrogens (tertiary/aromatic N) is 1. The molecule has 0 aromatic rings. The Morgan fingerprint density at radius 1 is 0.576 bits per heavy atom. The normalized spacial score (nSPS) is 14.6. The number of phosphoric ester groups is 1. The maximum absolute atomic E-state index is 12.8. The van der Waals surface area contributed by atoms with E-state index in [0.29, 0.717) is 17.4 Å². The Morgan fingerprint density at radius 2 is 0.949 bits per heavy atom. The minimum atomic E-state index is -4.60. The lowest BCUT2D eigenvalue weighted by Gasteiger charge is -2.29. The van der Waals surface area contributed by atoms with Gasteiger partial charge >= 0.3 is 0 Å². The van der Waals surface area contributed by atoms with Gasteiger partial charge < -0.3 is 28.8 Å². The molecule has 0 bridgehead atoms. The number of nitrogens with one attached hydrogen (secondary N) is 1. The van der Waals surface area contributed by atoms with Crippen LogP contribution in [-0.2, 0) is 18.4 Å². The molecule has 0 radical (unpaired) electrons. The summed E-state index contributed by atoms with van der Waals surface area (Å²) in [7, 11) is 1.23. The fourth-order valence-corrected chi connectivity index (χ4v) is 7.55. The van der Waals surface area contributed by atoms with Crippen LogP contribution in [0.1, 0.15) is 213 Å². The minimum absolute atomic E-state index is 0.0115. The number of carbonyl (C=O) groups excluding carboxylic acids is 1. The zero-order valence-electron chi connectivity index (χ0n) is 39.2. The van der Waals surface area contributed by atoms with Crippen LogP contribution in [-0.4, -0.2) is 68.5 Å². The Kier molecular flexibility index (Phi) is 40.7. The Labute approximate surface area is 365 Å². The molecule has 3 unspecified atom stereocenters. The number of allylic oxidation sites excluding steroid dienone is 7. The van der Waals surface area contributed by atoms with Crippen LogP contribution in [0.4, 0.5) is 0 Å². The van der Waals surface area contributed by atoms with E-state index in [9.17, 15) is 19.4 Å². The van der Waals surface area contributed by atoms with Crippen LogP contribution in [0, 0.1) is 0 Å². The van der Waals surface area contributed by atoms with Gasteiger partial charge in [0, 0.05) is 6.42 Å². The van der Waals surface area contributed by atoms with Gasteiger partial charge in [0.25, 0.3) is 7.82 Å². The number of rotatable bonds is 44. The van der Waals surface area contributed by atoms with Crippen molar-refractivity contribution < 1.29 is 32.9 Å². The molecule has 3 atom stereocenters. The van der Waals surface area contributed by atoms with Gasteiger partial charge in [0.2, 0.25) is 5.91 Å². The first kappa shape index (κ1) is 57.5. The molecule has 0 aliphatic carbocycles. The van der Waals surface area contributed by atoms with Crippen LogP contribution >= 0.6 is 7.82 Å². The summed E-state index contributed by atoms with van der Waals surface area (Å²) in [4.78, 5) is 25.3. The van der Waals surface area contributed by atoms with E-state index in [1.807, 2.05) is 27.2 Å². The Hall–Kier alpha value is -1.54. The van der Waals surface area contributed by atoms with Gasteiger partial charge in [0.15, 0.2) is 0 Å². The molecule has 0 aliphatic rings. The number of quaternary nitrogens is 1. The first-order valence-electron chi connectivity index (χ1n) is 24.5. The SMILES string of the molecule is CCCCC/C=C\CCCCCCCC(=O)NC(COP(=O)([O-])OCC[N+](C)(C)C)C(O)/C=C/CC/C=C/CC/C=C/CCCCCCCCCCCCCCCCC. The molecule has 59 heavy (non-hydrogen) atoms. The number of hydrogen-bond acceptors (Lipinski definition) is 6. The van der Waals surface area contributed by atoms with Crippen molar-refractivity contribution in [1.82, 2.24) is 5.32 Å². The second kappa shape index (κ2) is 41.8. The number of amides is 1. The van der Waals surface area contributed by atoms with Crippen molar-refractivity contribution in [3.05, 3.63) is 48.6 Å². The summed E-state index contributed by atoms with van der Waals surface area (Å²) < 4.78 is 23.2. The molecule has 0 fully saturated rings. The lowest BCUT2D eigenvalue weighted by Crippen LogP contribution is -2.45. The van der Waals surface area contributed by atoms with Gasteiger partial charge in [-0.05, 0) is 70.6 Å². The van der Waals surface area contributed by atoms with Crippen molar-refractivity contribution in [2.24, 2.45) is 0 Å². The van der Waals surface area contributed by atoms with Gasteiger partial charge in [-0.25, -0.2) is 0 Å².